The third-order valence-corrected chi connectivity index (χ3v) is 3.31. The Morgan fingerprint density at radius 2 is 1.91 bits per heavy atom. The topological polar surface area (TPSA) is 68.3 Å². The second kappa shape index (κ2) is 7.21. The smallest absolute Gasteiger partial charge is 0.414 e. The van der Waals surface area contributed by atoms with Crippen LogP contribution in [0.3, 0.4) is 0 Å². The molecule has 1 aliphatic heterocycles. The zero-order chi connectivity index (χ0) is 17.8. The van der Waals surface area contributed by atoms with Crippen molar-refractivity contribution in [3.05, 3.63) is 12.0 Å². The molecule has 1 aliphatic rings. The molecule has 132 valence electrons. The molecule has 0 N–H and O–H groups in total. The number of hydrogen-bond acceptors (Lipinski definition) is 5. The van der Waals surface area contributed by atoms with Crippen LogP contribution in [0.5, 0.6) is 0 Å². The van der Waals surface area contributed by atoms with Crippen LogP contribution in [0.2, 0.25) is 0 Å². The molecule has 2 amide bonds. The van der Waals surface area contributed by atoms with E-state index in [0.29, 0.717) is 18.9 Å². The maximum atomic E-state index is 12.3. The van der Waals surface area contributed by atoms with Gasteiger partial charge in [0.1, 0.15) is 23.6 Å². The van der Waals surface area contributed by atoms with Crippen molar-refractivity contribution in [3.63, 3.8) is 0 Å². The molecule has 0 aromatic carbocycles. The van der Waals surface area contributed by atoms with Gasteiger partial charge in [-0.05, 0) is 34.6 Å². The minimum Gasteiger partial charge on any atom is -0.493 e. The number of amides is 2. The summed E-state index contributed by atoms with van der Waals surface area (Å²) in [5, 5.41) is 0. The zero-order valence-corrected chi connectivity index (χ0v) is 15.1. The van der Waals surface area contributed by atoms with Gasteiger partial charge >= 0.3 is 6.09 Å². The number of nitrogens with zero attached hydrogens (tertiary/aromatic N) is 2. The van der Waals surface area contributed by atoms with Gasteiger partial charge in [-0.2, -0.15) is 0 Å². The van der Waals surface area contributed by atoms with Crippen LogP contribution in [0.25, 0.3) is 0 Å². The summed E-state index contributed by atoms with van der Waals surface area (Å²) in [6.45, 7) is 9.88. The summed E-state index contributed by atoms with van der Waals surface area (Å²) in [6.07, 6.45) is 1.16. The Bertz CT molecular complexity index is 479. The van der Waals surface area contributed by atoms with E-state index in [4.69, 9.17) is 14.2 Å². The lowest BCUT2D eigenvalue weighted by molar-refractivity contribution is -0.149. The van der Waals surface area contributed by atoms with Gasteiger partial charge in [0, 0.05) is 14.2 Å². The second-order valence-corrected chi connectivity index (χ2v) is 6.99. The van der Waals surface area contributed by atoms with E-state index in [-0.39, 0.29) is 12.5 Å². The molecular weight excluding hydrogens is 300 g/mol. The van der Waals surface area contributed by atoms with Crippen molar-refractivity contribution in [2.45, 2.75) is 45.8 Å². The van der Waals surface area contributed by atoms with Crippen LogP contribution in [-0.2, 0) is 19.0 Å². The first-order chi connectivity index (χ1) is 10.5. The van der Waals surface area contributed by atoms with Gasteiger partial charge in [0.15, 0.2) is 0 Å². The molecule has 0 spiro atoms. The van der Waals surface area contributed by atoms with Crippen LogP contribution in [0.1, 0.15) is 34.6 Å². The van der Waals surface area contributed by atoms with Gasteiger partial charge in [-0.1, -0.05) is 0 Å². The summed E-state index contributed by atoms with van der Waals surface area (Å²) in [6, 6.07) is 0. The van der Waals surface area contributed by atoms with E-state index in [0.717, 1.165) is 0 Å². The number of hydrogen-bond donors (Lipinski definition) is 0. The fourth-order valence-corrected chi connectivity index (χ4v) is 1.95. The van der Waals surface area contributed by atoms with Gasteiger partial charge in [-0.3, -0.25) is 9.69 Å². The Labute approximate surface area is 138 Å². The molecule has 7 heteroatoms. The van der Waals surface area contributed by atoms with Crippen LogP contribution in [0.15, 0.2) is 12.0 Å². The Morgan fingerprint density at radius 3 is 2.43 bits per heavy atom. The first kappa shape index (κ1) is 19.3. The number of carbonyl (C=O) groups is 2. The molecule has 0 fully saturated rings. The van der Waals surface area contributed by atoms with Crippen LogP contribution in [0, 0.1) is 0 Å². The van der Waals surface area contributed by atoms with E-state index in [1.807, 2.05) is 20.8 Å². The van der Waals surface area contributed by atoms with Crippen LogP contribution in [-0.4, -0.2) is 66.9 Å². The van der Waals surface area contributed by atoms with E-state index in [9.17, 15) is 9.59 Å². The SMILES string of the molecule is COC(C)(C)C(=O)N(C)CC1=CN(C(=O)OC(C)(C)C)CCO1. The maximum Gasteiger partial charge on any atom is 0.414 e. The first-order valence-corrected chi connectivity index (χ1v) is 7.60. The van der Waals surface area contributed by atoms with E-state index >= 15 is 0 Å². The Morgan fingerprint density at radius 1 is 1.30 bits per heavy atom. The molecule has 0 atom stereocenters. The summed E-state index contributed by atoms with van der Waals surface area (Å²) < 4.78 is 16.1. The molecular formula is C16H28N2O5. The van der Waals surface area contributed by atoms with Crippen molar-refractivity contribution >= 4 is 12.0 Å². The third-order valence-electron chi connectivity index (χ3n) is 3.31. The molecule has 0 aromatic rings. The Hall–Kier alpha value is -1.76. The highest BCUT2D eigenvalue weighted by Gasteiger charge is 2.31. The van der Waals surface area contributed by atoms with Gasteiger partial charge in [-0.25, -0.2) is 4.79 Å². The Kier molecular flexibility index (Phi) is 6.04. The average Bonchev–Trinajstić information content (AvgIpc) is 2.44. The number of carbonyl (C=O) groups excluding carboxylic acids is 2. The fourth-order valence-electron chi connectivity index (χ4n) is 1.95. The van der Waals surface area contributed by atoms with Crippen molar-refractivity contribution < 1.29 is 23.8 Å². The molecule has 7 nitrogen and oxygen atoms in total. The minimum atomic E-state index is -0.908. The molecule has 0 bridgehead atoms. The van der Waals surface area contributed by atoms with Gasteiger partial charge in [-0.15, -0.1) is 0 Å². The molecule has 0 saturated carbocycles. The molecule has 23 heavy (non-hydrogen) atoms. The number of rotatable bonds is 4. The van der Waals surface area contributed by atoms with E-state index < -0.39 is 17.3 Å². The summed E-state index contributed by atoms with van der Waals surface area (Å²) in [7, 11) is 3.16. The predicted molar refractivity (Wildman–Crippen MR) is 85.7 cm³/mol. The van der Waals surface area contributed by atoms with Gasteiger partial charge in [0.25, 0.3) is 5.91 Å². The summed E-state index contributed by atoms with van der Waals surface area (Å²) in [5.74, 6) is 0.365. The molecule has 0 unspecified atom stereocenters. The van der Waals surface area contributed by atoms with Crippen LogP contribution >= 0.6 is 0 Å². The normalized spacial score (nSPS) is 15.6. The number of likely N-dealkylation sites (N-methyl/N-ethyl adjacent to an activating group) is 1. The van der Waals surface area contributed by atoms with Crippen molar-refractivity contribution in [1.82, 2.24) is 9.80 Å². The van der Waals surface area contributed by atoms with Gasteiger partial charge in [0.2, 0.25) is 0 Å². The zero-order valence-electron chi connectivity index (χ0n) is 15.1. The molecule has 1 heterocycles. The third kappa shape index (κ3) is 5.74. The standard InChI is InChI=1S/C16H28N2O5/c1-15(2,3)23-14(20)18-8-9-22-12(11-18)10-17(6)13(19)16(4,5)21-7/h11H,8-10H2,1-7H3. The lowest BCUT2D eigenvalue weighted by Crippen LogP contribution is -2.46. The maximum absolute atomic E-state index is 12.3. The molecule has 0 aromatic heterocycles. The molecule has 0 aliphatic carbocycles. The number of methoxy groups -OCH3 is 1. The highest BCUT2D eigenvalue weighted by molar-refractivity contribution is 5.84. The highest BCUT2D eigenvalue weighted by atomic mass is 16.6. The summed E-state index contributed by atoms with van der Waals surface area (Å²) in [4.78, 5) is 27.3. The van der Waals surface area contributed by atoms with Crippen LogP contribution in [0.4, 0.5) is 4.79 Å². The largest absolute Gasteiger partial charge is 0.493 e. The lowest BCUT2D eigenvalue weighted by atomic mass is 10.1. The van der Waals surface area contributed by atoms with Crippen LogP contribution < -0.4 is 0 Å². The Balaban J connectivity index is 2.73. The molecule has 0 radical (unpaired) electrons. The number of ether oxygens (including phenoxy) is 3. The van der Waals surface area contributed by atoms with Crippen molar-refractivity contribution in [1.29, 1.82) is 0 Å². The summed E-state index contributed by atoms with van der Waals surface area (Å²) >= 11 is 0. The van der Waals surface area contributed by atoms with E-state index in [1.54, 1.807) is 27.1 Å². The van der Waals surface area contributed by atoms with Crippen molar-refractivity contribution in [2.24, 2.45) is 0 Å². The van der Waals surface area contributed by atoms with Gasteiger partial charge < -0.3 is 19.1 Å². The van der Waals surface area contributed by atoms with E-state index in [2.05, 4.69) is 0 Å². The second-order valence-electron chi connectivity index (χ2n) is 6.99. The van der Waals surface area contributed by atoms with Gasteiger partial charge in [0.05, 0.1) is 19.3 Å². The summed E-state index contributed by atoms with van der Waals surface area (Å²) in [5.41, 5.74) is -1.46. The molecule has 0 saturated heterocycles. The van der Waals surface area contributed by atoms with E-state index in [1.165, 1.54) is 16.9 Å². The monoisotopic (exact) mass is 328 g/mol. The fraction of sp³-hybridized carbons (Fsp3) is 0.750. The van der Waals surface area contributed by atoms with Crippen molar-refractivity contribution in [3.8, 4) is 0 Å². The first-order valence-electron chi connectivity index (χ1n) is 7.60. The predicted octanol–water partition coefficient (Wildman–Crippen LogP) is 1.98. The quantitative estimate of drug-likeness (QED) is 0.789. The minimum absolute atomic E-state index is 0.168. The highest BCUT2D eigenvalue weighted by Crippen LogP contribution is 2.17. The molecule has 1 rings (SSSR count). The average molecular weight is 328 g/mol. The van der Waals surface area contributed by atoms with Crippen molar-refractivity contribution in [2.75, 3.05) is 33.9 Å². The lowest BCUT2D eigenvalue weighted by Gasteiger charge is -2.31.